The number of ether oxygens (including phenoxy) is 1. The van der Waals surface area contributed by atoms with Gasteiger partial charge in [-0.25, -0.2) is 8.78 Å². The van der Waals surface area contributed by atoms with Crippen LogP contribution < -0.4 is 4.74 Å². The van der Waals surface area contributed by atoms with E-state index < -0.39 is 28.9 Å². The standard InChI is InChI=1S/C27H26F2N4O3/c1-27(2,8-9-30)25-21(14-4-5-15(10-14)26(34)35)22-19(11-16-13-31-32-24(16)23(22)29)33(25)17-6-7-18(28)20(12-17)36-3/h6-7,11-15H,4-5,8,10H2,1-3H3,(H,31,32)(H,34,35)/t14-,15-/m1/s1. The van der Waals surface area contributed by atoms with E-state index in [1.54, 1.807) is 12.1 Å². The summed E-state index contributed by atoms with van der Waals surface area (Å²) in [4.78, 5) is 11.8. The summed E-state index contributed by atoms with van der Waals surface area (Å²) in [5.74, 6) is -2.57. The second-order valence-electron chi connectivity index (χ2n) is 10.1. The van der Waals surface area contributed by atoms with Gasteiger partial charge in [0.2, 0.25) is 0 Å². The predicted octanol–water partition coefficient (Wildman–Crippen LogP) is 5.95. The zero-order valence-corrected chi connectivity index (χ0v) is 20.2. The van der Waals surface area contributed by atoms with Crippen molar-refractivity contribution < 1.29 is 23.4 Å². The van der Waals surface area contributed by atoms with Gasteiger partial charge in [0.05, 0.1) is 30.8 Å². The lowest BCUT2D eigenvalue weighted by Crippen LogP contribution is -2.23. The minimum absolute atomic E-state index is 0.0385. The Morgan fingerprint density at radius 3 is 2.78 bits per heavy atom. The molecule has 0 radical (unpaired) electrons. The third-order valence-corrected chi connectivity index (χ3v) is 7.39. The molecule has 0 aliphatic heterocycles. The number of hydrogen-bond donors (Lipinski definition) is 2. The van der Waals surface area contributed by atoms with Crippen molar-refractivity contribution in [2.45, 2.75) is 50.9 Å². The zero-order chi connectivity index (χ0) is 25.8. The van der Waals surface area contributed by atoms with Crippen LogP contribution in [-0.4, -0.2) is 33.0 Å². The molecule has 0 saturated heterocycles. The van der Waals surface area contributed by atoms with E-state index in [0.717, 1.165) is 0 Å². The molecule has 7 nitrogen and oxygen atoms in total. The van der Waals surface area contributed by atoms with Gasteiger partial charge in [-0.2, -0.15) is 10.4 Å². The van der Waals surface area contributed by atoms with Crippen molar-refractivity contribution >= 4 is 27.8 Å². The summed E-state index contributed by atoms with van der Waals surface area (Å²) in [6, 6.07) is 8.52. The van der Waals surface area contributed by atoms with Crippen molar-refractivity contribution in [1.82, 2.24) is 14.8 Å². The number of carboxylic acids is 1. The van der Waals surface area contributed by atoms with Crippen LogP contribution in [0.25, 0.3) is 27.5 Å². The summed E-state index contributed by atoms with van der Waals surface area (Å²) in [5.41, 5.74) is 2.04. The molecule has 0 unspecified atom stereocenters. The van der Waals surface area contributed by atoms with Gasteiger partial charge in [-0.3, -0.25) is 9.89 Å². The van der Waals surface area contributed by atoms with E-state index in [-0.39, 0.29) is 23.6 Å². The van der Waals surface area contributed by atoms with Gasteiger partial charge >= 0.3 is 5.97 Å². The summed E-state index contributed by atoms with van der Waals surface area (Å²) in [6.45, 7) is 3.83. The molecule has 2 atom stereocenters. The minimum atomic E-state index is -0.862. The van der Waals surface area contributed by atoms with Crippen molar-refractivity contribution in [3.8, 4) is 17.5 Å². The van der Waals surface area contributed by atoms with Gasteiger partial charge < -0.3 is 14.4 Å². The van der Waals surface area contributed by atoms with E-state index in [1.165, 1.54) is 19.4 Å². The fraction of sp³-hybridized carbons (Fsp3) is 0.370. The highest BCUT2D eigenvalue weighted by Crippen LogP contribution is 2.49. The van der Waals surface area contributed by atoms with E-state index in [2.05, 4.69) is 16.3 Å². The predicted molar refractivity (Wildman–Crippen MR) is 130 cm³/mol. The molecule has 36 heavy (non-hydrogen) atoms. The van der Waals surface area contributed by atoms with Gasteiger partial charge in [0.25, 0.3) is 0 Å². The number of methoxy groups -OCH3 is 1. The second-order valence-corrected chi connectivity index (χ2v) is 10.1. The number of carboxylic acid groups (broad SMARTS) is 1. The van der Waals surface area contributed by atoms with Crippen molar-refractivity contribution in [1.29, 1.82) is 5.26 Å². The lowest BCUT2D eigenvalue weighted by atomic mass is 9.79. The molecule has 1 fully saturated rings. The highest BCUT2D eigenvalue weighted by molar-refractivity contribution is 6.00. The summed E-state index contributed by atoms with van der Waals surface area (Å²) in [6.07, 6.45) is 3.13. The lowest BCUT2D eigenvalue weighted by molar-refractivity contribution is -0.141. The number of benzene rings is 2. The number of nitriles is 1. The number of aromatic amines is 1. The Kier molecular flexibility index (Phi) is 5.70. The molecule has 0 spiro atoms. The molecule has 0 amide bonds. The normalized spacial score (nSPS) is 18.1. The van der Waals surface area contributed by atoms with Gasteiger partial charge in [-0.05, 0) is 48.9 Å². The number of H-pyrrole nitrogens is 1. The van der Waals surface area contributed by atoms with Gasteiger partial charge in [0.15, 0.2) is 17.4 Å². The average molecular weight is 493 g/mol. The van der Waals surface area contributed by atoms with Crippen LogP contribution in [0.15, 0.2) is 30.5 Å². The Morgan fingerprint density at radius 1 is 1.33 bits per heavy atom. The molecule has 1 aliphatic carbocycles. The second kappa shape index (κ2) is 8.63. The van der Waals surface area contributed by atoms with E-state index in [1.807, 2.05) is 24.5 Å². The lowest BCUT2D eigenvalue weighted by Gasteiger charge is -2.28. The van der Waals surface area contributed by atoms with Crippen LogP contribution in [0.5, 0.6) is 5.75 Å². The Labute approximate surface area is 206 Å². The van der Waals surface area contributed by atoms with E-state index in [9.17, 15) is 19.6 Å². The highest BCUT2D eigenvalue weighted by atomic mass is 19.1. The van der Waals surface area contributed by atoms with Gasteiger partial charge in [0, 0.05) is 40.1 Å². The van der Waals surface area contributed by atoms with E-state index in [0.29, 0.717) is 52.5 Å². The van der Waals surface area contributed by atoms with Gasteiger partial charge in [0.1, 0.15) is 5.52 Å². The fourth-order valence-electron chi connectivity index (χ4n) is 5.70. The number of carbonyl (C=O) groups is 1. The maximum absolute atomic E-state index is 16.2. The minimum Gasteiger partial charge on any atom is -0.494 e. The Hall–Kier alpha value is -3.93. The van der Waals surface area contributed by atoms with Crippen LogP contribution in [0.3, 0.4) is 0 Å². The number of aromatic nitrogens is 3. The molecule has 5 rings (SSSR count). The van der Waals surface area contributed by atoms with Crippen LogP contribution in [0.2, 0.25) is 0 Å². The first-order chi connectivity index (χ1) is 17.2. The Bertz CT molecular complexity index is 1550. The Morgan fingerprint density at radius 2 is 2.11 bits per heavy atom. The summed E-state index contributed by atoms with van der Waals surface area (Å²) in [5, 5.41) is 27.0. The van der Waals surface area contributed by atoms with Crippen LogP contribution in [-0.2, 0) is 10.2 Å². The first-order valence-corrected chi connectivity index (χ1v) is 11.8. The summed E-state index contributed by atoms with van der Waals surface area (Å²) >= 11 is 0. The molecule has 4 aromatic rings. The zero-order valence-electron chi connectivity index (χ0n) is 20.2. The van der Waals surface area contributed by atoms with Crippen molar-refractivity contribution in [3.05, 3.63) is 53.4 Å². The molecule has 2 aromatic carbocycles. The smallest absolute Gasteiger partial charge is 0.306 e. The molecule has 1 saturated carbocycles. The summed E-state index contributed by atoms with van der Waals surface area (Å²) in [7, 11) is 1.38. The molecule has 2 aromatic heterocycles. The highest BCUT2D eigenvalue weighted by Gasteiger charge is 2.40. The van der Waals surface area contributed by atoms with Gasteiger partial charge in [-0.15, -0.1) is 0 Å². The van der Waals surface area contributed by atoms with Crippen molar-refractivity contribution in [2.75, 3.05) is 7.11 Å². The van der Waals surface area contributed by atoms with Crippen LogP contribution in [0.4, 0.5) is 8.78 Å². The molecule has 0 bridgehead atoms. The number of halogens is 2. The first kappa shape index (κ1) is 23.8. The number of rotatable bonds is 6. The number of nitrogens with one attached hydrogen (secondary N) is 1. The molecule has 186 valence electrons. The largest absolute Gasteiger partial charge is 0.494 e. The monoisotopic (exact) mass is 492 g/mol. The average Bonchev–Trinajstić information content (AvgIpc) is 3.57. The molecule has 1 aliphatic rings. The topological polar surface area (TPSA) is 104 Å². The van der Waals surface area contributed by atoms with Crippen LogP contribution in [0.1, 0.15) is 56.7 Å². The van der Waals surface area contributed by atoms with Gasteiger partial charge in [-0.1, -0.05) is 13.8 Å². The van der Waals surface area contributed by atoms with E-state index in [4.69, 9.17) is 4.74 Å². The molecular formula is C27H26F2N4O3. The van der Waals surface area contributed by atoms with E-state index >= 15 is 4.39 Å². The molecule has 2 heterocycles. The summed E-state index contributed by atoms with van der Waals surface area (Å²) < 4.78 is 37.7. The number of aliphatic carboxylic acids is 1. The first-order valence-electron chi connectivity index (χ1n) is 11.8. The third kappa shape index (κ3) is 3.60. The Balaban J connectivity index is 1.93. The number of hydrogen-bond acceptors (Lipinski definition) is 4. The maximum Gasteiger partial charge on any atom is 0.306 e. The molecule has 2 N–H and O–H groups in total. The van der Waals surface area contributed by atoms with Crippen molar-refractivity contribution in [3.63, 3.8) is 0 Å². The SMILES string of the molecule is COc1cc(-n2c(C(C)(C)CC#N)c([C@@H]3CC[C@@H](C(=O)O)C3)c3c(F)c4[nH]ncc4cc32)ccc1F. The molecular weight excluding hydrogens is 466 g/mol. The van der Waals surface area contributed by atoms with Crippen LogP contribution in [0, 0.1) is 28.9 Å². The third-order valence-electron chi connectivity index (χ3n) is 7.39. The number of nitrogens with zero attached hydrogens (tertiary/aromatic N) is 3. The van der Waals surface area contributed by atoms with Crippen LogP contribution >= 0.6 is 0 Å². The quantitative estimate of drug-likeness (QED) is 0.346. The maximum atomic E-state index is 16.2. The van der Waals surface area contributed by atoms with Crippen molar-refractivity contribution in [2.24, 2.45) is 5.92 Å². The molecule has 9 heteroatoms. The fourth-order valence-corrected chi connectivity index (χ4v) is 5.70. The number of fused-ring (bicyclic) bond motifs is 2.